The van der Waals surface area contributed by atoms with Gasteiger partial charge in [0.1, 0.15) is 0 Å². The van der Waals surface area contributed by atoms with Crippen molar-refractivity contribution < 1.29 is 13.6 Å². The zero-order valence-electron chi connectivity index (χ0n) is 10.7. The number of hydrogen-bond acceptors (Lipinski definition) is 3. The van der Waals surface area contributed by atoms with Gasteiger partial charge in [-0.1, -0.05) is 17.7 Å². The lowest BCUT2D eigenvalue weighted by Gasteiger charge is -2.14. The molecule has 7 heteroatoms. The minimum atomic E-state index is -2.42. The summed E-state index contributed by atoms with van der Waals surface area (Å²) < 4.78 is 24.7. The third kappa shape index (κ3) is 4.07. The highest BCUT2D eigenvalue weighted by atomic mass is 35.5. The average Bonchev–Trinajstić information content (AvgIpc) is 2.91. The second kappa shape index (κ2) is 7.24. The fourth-order valence-corrected chi connectivity index (χ4v) is 3.12. The van der Waals surface area contributed by atoms with E-state index in [0.717, 1.165) is 24.7 Å². The van der Waals surface area contributed by atoms with E-state index in [2.05, 4.69) is 10.6 Å². The zero-order chi connectivity index (χ0) is 14.5. The van der Waals surface area contributed by atoms with Gasteiger partial charge in [-0.3, -0.25) is 4.79 Å². The van der Waals surface area contributed by atoms with Gasteiger partial charge in [-0.15, -0.1) is 11.8 Å². The van der Waals surface area contributed by atoms with Crippen LogP contribution in [0.3, 0.4) is 0 Å². The minimum absolute atomic E-state index is 0.0815. The van der Waals surface area contributed by atoms with Gasteiger partial charge in [0.25, 0.3) is 0 Å². The van der Waals surface area contributed by atoms with E-state index in [4.69, 9.17) is 11.6 Å². The predicted molar refractivity (Wildman–Crippen MR) is 77.8 cm³/mol. The Bertz CT molecular complexity index is 481. The zero-order valence-corrected chi connectivity index (χ0v) is 12.2. The molecule has 1 aromatic rings. The standard InChI is InChI=1S/C13H15ClF2N2OS/c14-9-2-1-3-10(12(9)20-7-11(15)16)18-13(19)8-4-5-17-6-8/h1-3,8,11,17H,4-7H2,(H,18,19)/t8-/m0/s1. The highest BCUT2D eigenvalue weighted by molar-refractivity contribution is 7.99. The highest BCUT2D eigenvalue weighted by Crippen LogP contribution is 2.35. The van der Waals surface area contributed by atoms with E-state index >= 15 is 0 Å². The Balaban J connectivity index is 2.09. The fraction of sp³-hybridized carbons (Fsp3) is 0.462. The summed E-state index contributed by atoms with van der Waals surface area (Å²) in [6, 6.07) is 5.00. The van der Waals surface area contributed by atoms with Crippen LogP contribution < -0.4 is 10.6 Å². The largest absolute Gasteiger partial charge is 0.325 e. The quantitative estimate of drug-likeness (QED) is 0.818. The summed E-state index contributed by atoms with van der Waals surface area (Å²) in [4.78, 5) is 12.6. The van der Waals surface area contributed by atoms with Gasteiger partial charge >= 0.3 is 0 Å². The summed E-state index contributed by atoms with van der Waals surface area (Å²) in [5.74, 6) is -0.532. The Morgan fingerprint density at radius 3 is 3.00 bits per heavy atom. The van der Waals surface area contributed by atoms with Crippen molar-refractivity contribution in [3.63, 3.8) is 0 Å². The number of anilines is 1. The summed E-state index contributed by atoms with van der Waals surface area (Å²) >= 11 is 6.98. The first-order chi connectivity index (χ1) is 9.58. The van der Waals surface area contributed by atoms with Crippen LogP contribution in [-0.2, 0) is 4.79 Å². The highest BCUT2D eigenvalue weighted by Gasteiger charge is 2.23. The summed E-state index contributed by atoms with van der Waals surface area (Å²) in [5, 5.41) is 6.27. The lowest BCUT2D eigenvalue weighted by molar-refractivity contribution is -0.119. The maximum absolute atomic E-state index is 12.3. The van der Waals surface area contributed by atoms with Gasteiger partial charge in [-0.2, -0.15) is 0 Å². The van der Waals surface area contributed by atoms with Gasteiger partial charge in [0.2, 0.25) is 12.3 Å². The molecule has 0 unspecified atom stereocenters. The lowest BCUT2D eigenvalue weighted by Crippen LogP contribution is -2.24. The van der Waals surface area contributed by atoms with Crippen LogP contribution in [0, 0.1) is 5.92 Å². The van der Waals surface area contributed by atoms with Gasteiger partial charge in [-0.05, 0) is 25.1 Å². The van der Waals surface area contributed by atoms with Crippen molar-refractivity contribution >= 4 is 35.0 Å². The number of halogens is 3. The van der Waals surface area contributed by atoms with Crippen molar-refractivity contribution in [2.45, 2.75) is 17.7 Å². The summed E-state index contributed by atoms with van der Waals surface area (Å²) in [7, 11) is 0. The number of carbonyl (C=O) groups excluding carboxylic acids is 1. The van der Waals surface area contributed by atoms with Crippen LogP contribution >= 0.6 is 23.4 Å². The summed E-state index contributed by atoms with van der Waals surface area (Å²) in [6.45, 7) is 1.46. The van der Waals surface area contributed by atoms with Crippen LogP contribution in [0.25, 0.3) is 0 Å². The first-order valence-electron chi connectivity index (χ1n) is 6.29. The molecular formula is C13H15ClF2N2OS. The van der Waals surface area contributed by atoms with Crippen molar-refractivity contribution in [2.75, 3.05) is 24.2 Å². The van der Waals surface area contributed by atoms with Crippen LogP contribution in [0.2, 0.25) is 5.02 Å². The summed E-state index contributed by atoms with van der Waals surface area (Å²) in [6.07, 6.45) is -1.63. The molecule has 2 N–H and O–H groups in total. The Morgan fingerprint density at radius 1 is 1.55 bits per heavy atom. The molecule has 2 rings (SSSR count). The third-order valence-corrected chi connectivity index (χ3v) is 4.58. The Hall–Kier alpha value is -0.850. The van der Waals surface area contributed by atoms with Gasteiger partial charge in [-0.25, -0.2) is 8.78 Å². The van der Waals surface area contributed by atoms with Crippen molar-refractivity contribution in [1.29, 1.82) is 0 Å². The van der Waals surface area contributed by atoms with Crippen molar-refractivity contribution in [3.8, 4) is 0 Å². The fourth-order valence-electron chi connectivity index (χ4n) is 2.01. The normalized spacial score (nSPS) is 18.5. The molecule has 1 aliphatic heterocycles. The van der Waals surface area contributed by atoms with E-state index in [1.165, 1.54) is 0 Å². The van der Waals surface area contributed by atoms with E-state index < -0.39 is 6.43 Å². The predicted octanol–water partition coefficient (Wildman–Crippen LogP) is 3.25. The van der Waals surface area contributed by atoms with Crippen molar-refractivity contribution in [2.24, 2.45) is 5.92 Å². The molecule has 3 nitrogen and oxygen atoms in total. The molecule has 1 atom stereocenters. The number of thioether (sulfide) groups is 1. The molecule has 0 bridgehead atoms. The molecule has 1 aliphatic rings. The molecule has 0 spiro atoms. The van der Waals surface area contributed by atoms with Gasteiger partial charge in [0.05, 0.1) is 22.4 Å². The molecule has 0 aliphatic carbocycles. The minimum Gasteiger partial charge on any atom is -0.325 e. The number of amides is 1. The van der Waals surface area contributed by atoms with Crippen LogP contribution in [-0.4, -0.2) is 31.2 Å². The number of alkyl halides is 2. The monoisotopic (exact) mass is 320 g/mol. The molecule has 1 heterocycles. The first kappa shape index (κ1) is 15.5. The smallest absolute Gasteiger partial charge is 0.247 e. The van der Waals surface area contributed by atoms with E-state index in [0.29, 0.717) is 22.2 Å². The number of benzene rings is 1. The molecule has 0 saturated carbocycles. The number of carbonyl (C=O) groups is 1. The third-order valence-electron chi connectivity index (χ3n) is 3.01. The molecule has 1 fully saturated rings. The van der Waals surface area contributed by atoms with Gasteiger partial charge in [0.15, 0.2) is 0 Å². The second-order valence-corrected chi connectivity index (χ2v) is 5.94. The summed E-state index contributed by atoms with van der Waals surface area (Å²) in [5.41, 5.74) is 0.500. The Labute approximate surface area is 125 Å². The maximum atomic E-state index is 12.3. The van der Waals surface area contributed by atoms with Crippen LogP contribution in [0.4, 0.5) is 14.5 Å². The molecule has 1 amide bonds. The molecular weight excluding hydrogens is 306 g/mol. The maximum Gasteiger partial charge on any atom is 0.247 e. The molecule has 0 radical (unpaired) electrons. The Kier molecular flexibility index (Phi) is 5.63. The average molecular weight is 321 g/mol. The van der Waals surface area contributed by atoms with E-state index in [-0.39, 0.29) is 17.6 Å². The Morgan fingerprint density at radius 2 is 2.35 bits per heavy atom. The molecule has 0 aromatic heterocycles. The van der Waals surface area contributed by atoms with Gasteiger partial charge in [0, 0.05) is 11.4 Å². The number of rotatable bonds is 5. The van der Waals surface area contributed by atoms with Crippen molar-refractivity contribution in [3.05, 3.63) is 23.2 Å². The number of nitrogens with one attached hydrogen (secondary N) is 2. The van der Waals surface area contributed by atoms with Crippen LogP contribution in [0.5, 0.6) is 0 Å². The number of hydrogen-bond donors (Lipinski definition) is 2. The topological polar surface area (TPSA) is 41.1 Å². The van der Waals surface area contributed by atoms with Crippen LogP contribution in [0.15, 0.2) is 23.1 Å². The van der Waals surface area contributed by atoms with Crippen molar-refractivity contribution in [1.82, 2.24) is 5.32 Å². The van der Waals surface area contributed by atoms with Gasteiger partial charge < -0.3 is 10.6 Å². The van der Waals surface area contributed by atoms with Crippen LogP contribution in [0.1, 0.15) is 6.42 Å². The first-order valence-corrected chi connectivity index (χ1v) is 7.65. The van der Waals surface area contributed by atoms with E-state index in [1.807, 2.05) is 0 Å². The SMILES string of the molecule is O=C(Nc1cccc(Cl)c1SCC(F)F)[C@H]1CCNC1. The molecule has 1 aromatic carbocycles. The molecule has 20 heavy (non-hydrogen) atoms. The van der Waals surface area contributed by atoms with E-state index in [1.54, 1.807) is 18.2 Å². The molecule has 110 valence electrons. The second-order valence-electron chi connectivity index (χ2n) is 4.50. The molecule has 1 saturated heterocycles. The lowest BCUT2D eigenvalue weighted by atomic mass is 10.1. The van der Waals surface area contributed by atoms with E-state index in [9.17, 15) is 13.6 Å².